The van der Waals surface area contributed by atoms with E-state index >= 15 is 0 Å². The summed E-state index contributed by atoms with van der Waals surface area (Å²) in [6.45, 7) is 7.53. The molecular formula is C18H22ClN5O2. The zero-order valence-electron chi connectivity index (χ0n) is 15.0. The van der Waals surface area contributed by atoms with Crippen molar-refractivity contribution in [1.82, 2.24) is 19.7 Å². The molecule has 1 aromatic carbocycles. The van der Waals surface area contributed by atoms with Crippen LogP contribution in [-0.2, 0) is 16.9 Å². The molecule has 0 unspecified atom stereocenters. The molecule has 0 radical (unpaired) electrons. The first-order valence-corrected chi connectivity index (χ1v) is 8.77. The Hall–Kier alpha value is -2.38. The molecule has 3 rings (SSSR count). The van der Waals surface area contributed by atoms with Gasteiger partial charge in [-0.25, -0.2) is 4.68 Å². The van der Waals surface area contributed by atoms with Crippen molar-refractivity contribution < 1.29 is 4.74 Å². The Labute approximate surface area is 156 Å². The zero-order valence-corrected chi connectivity index (χ0v) is 15.8. The van der Waals surface area contributed by atoms with Crippen molar-refractivity contribution in [3.05, 3.63) is 51.4 Å². The fourth-order valence-corrected chi connectivity index (χ4v) is 2.63. The van der Waals surface area contributed by atoms with Gasteiger partial charge < -0.3 is 10.1 Å². The zero-order chi connectivity index (χ0) is 18.7. The number of hydrogen-bond donors (Lipinski definition) is 2. The van der Waals surface area contributed by atoms with Gasteiger partial charge in [-0.05, 0) is 38.5 Å². The summed E-state index contributed by atoms with van der Waals surface area (Å²) in [7, 11) is 0. The van der Waals surface area contributed by atoms with Crippen LogP contribution in [0.1, 0.15) is 26.3 Å². The van der Waals surface area contributed by atoms with Gasteiger partial charge in [-0.2, -0.15) is 10.1 Å². The lowest BCUT2D eigenvalue weighted by Crippen LogP contribution is -2.24. The maximum atomic E-state index is 12.2. The summed E-state index contributed by atoms with van der Waals surface area (Å²) in [4.78, 5) is 19.4. The van der Waals surface area contributed by atoms with E-state index in [0.717, 1.165) is 5.56 Å². The first kappa shape index (κ1) is 18.4. The van der Waals surface area contributed by atoms with Crippen molar-refractivity contribution in [2.75, 3.05) is 18.5 Å². The Bertz CT molecular complexity index is 941. The topological polar surface area (TPSA) is 84.8 Å². The van der Waals surface area contributed by atoms with E-state index in [1.807, 2.05) is 45.0 Å². The third kappa shape index (κ3) is 4.23. The second-order valence-corrected chi connectivity index (χ2v) is 7.42. The van der Waals surface area contributed by atoms with Gasteiger partial charge in [-0.15, -0.1) is 0 Å². The molecule has 2 heterocycles. The standard InChI is InChI=1S/C18H22ClN5O2/c1-18(2,3)24-15-14(10-21-24)16(25)23-17(22-15)20-8-9-26-11-12-4-6-13(19)7-5-12/h4-7,10H,8-9,11H2,1-3H3,(H2,20,22,23,25). The van der Waals surface area contributed by atoms with E-state index < -0.39 is 0 Å². The second kappa shape index (κ2) is 7.47. The maximum Gasteiger partial charge on any atom is 0.263 e. The Morgan fingerprint density at radius 2 is 2.00 bits per heavy atom. The number of halogens is 1. The van der Waals surface area contributed by atoms with E-state index in [1.54, 1.807) is 10.9 Å². The van der Waals surface area contributed by atoms with Crippen LogP contribution >= 0.6 is 11.6 Å². The van der Waals surface area contributed by atoms with Gasteiger partial charge in [0.05, 0.1) is 24.9 Å². The number of benzene rings is 1. The summed E-state index contributed by atoms with van der Waals surface area (Å²) in [5.41, 5.74) is 1.14. The molecule has 0 aliphatic heterocycles. The summed E-state index contributed by atoms with van der Waals surface area (Å²) in [6.07, 6.45) is 1.55. The van der Waals surface area contributed by atoms with Gasteiger partial charge in [-0.1, -0.05) is 23.7 Å². The van der Waals surface area contributed by atoms with Gasteiger partial charge in [0.1, 0.15) is 5.39 Å². The molecule has 2 aromatic heterocycles. The average Bonchev–Trinajstić information content (AvgIpc) is 3.01. The fourth-order valence-electron chi connectivity index (χ4n) is 2.51. The lowest BCUT2D eigenvalue weighted by atomic mass is 10.1. The van der Waals surface area contributed by atoms with Gasteiger partial charge in [-0.3, -0.25) is 9.78 Å². The fraction of sp³-hybridized carbons (Fsp3) is 0.389. The molecule has 0 atom stereocenters. The van der Waals surface area contributed by atoms with Crippen LogP contribution in [0.3, 0.4) is 0 Å². The monoisotopic (exact) mass is 375 g/mol. The molecule has 3 aromatic rings. The summed E-state index contributed by atoms with van der Waals surface area (Å²) >= 11 is 5.86. The molecule has 0 amide bonds. The molecule has 0 fully saturated rings. The van der Waals surface area contributed by atoms with E-state index in [0.29, 0.717) is 41.8 Å². The van der Waals surface area contributed by atoms with E-state index in [1.165, 1.54) is 0 Å². The van der Waals surface area contributed by atoms with E-state index in [-0.39, 0.29) is 11.1 Å². The van der Waals surface area contributed by atoms with E-state index in [4.69, 9.17) is 16.3 Å². The van der Waals surface area contributed by atoms with Gasteiger partial charge >= 0.3 is 0 Å². The molecule has 26 heavy (non-hydrogen) atoms. The van der Waals surface area contributed by atoms with Gasteiger partial charge in [0.2, 0.25) is 5.95 Å². The number of H-pyrrole nitrogens is 1. The predicted octanol–water partition coefficient (Wildman–Crippen LogP) is 3.16. The average molecular weight is 376 g/mol. The first-order chi connectivity index (χ1) is 12.3. The minimum absolute atomic E-state index is 0.213. The van der Waals surface area contributed by atoms with E-state index in [9.17, 15) is 4.79 Å². The molecule has 7 nitrogen and oxygen atoms in total. The number of aromatic amines is 1. The lowest BCUT2D eigenvalue weighted by Gasteiger charge is -2.19. The molecule has 0 spiro atoms. The number of aromatic nitrogens is 4. The Morgan fingerprint density at radius 1 is 1.27 bits per heavy atom. The predicted molar refractivity (Wildman–Crippen MR) is 103 cm³/mol. The summed E-state index contributed by atoms with van der Waals surface area (Å²) < 4.78 is 7.37. The van der Waals surface area contributed by atoms with Crippen LogP contribution in [0.15, 0.2) is 35.3 Å². The Kier molecular flexibility index (Phi) is 5.29. The van der Waals surface area contributed by atoms with Crippen LogP contribution in [0.5, 0.6) is 0 Å². The number of nitrogens with zero attached hydrogens (tertiary/aromatic N) is 3. The molecule has 0 aliphatic carbocycles. The van der Waals surface area contributed by atoms with Crippen molar-refractivity contribution in [1.29, 1.82) is 0 Å². The molecule has 0 bridgehead atoms. The second-order valence-electron chi connectivity index (χ2n) is 6.98. The van der Waals surface area contributed by atoms with Crippen molar-refractivity contribution >= 4 is 28.6 Å². The molecule has 138 valence electrons. The Balaban J connectivity index is 1.60. The quantitative estimate of drug-likeness (QED) is 0.646. The third-order valence-corrected chi connectivity index (χ3v) is 4.05. The normalized spacial score (nSPS) is 11.8. The van der Waals surface area contributed by atoms with Crippen LogP contribution in [0.4, 0.5) is 5.95 Å². The summed E-state index contributed by atoms with van der Waals surface area (Å²) in [5.74, 6) is 0.406. The van der Waals surface area contributed by atoms with Crippen molar-refractivity contribution in [3.8, 4) is 0 Å². The minimum Gasteiger partial charge on any atom is -0.375 e. The van der Waals surface area contributed by atoms with Crippen LogP contribution in [-0.4, -0.2) is 32.9 Å². The van der Waals surface area contributed by atoms with Crippen molar-refractivity contribution in [3.63, 3.8) is 0 Å². The number of rotatable bonds is 6. The van der Waals surface area contributed by atoms with Gasteiger partial charge in [0.15, 0.2) is 5.65 Å². The molecular weight excluding hydrogens is 354 g/mol. The highest BCUT2D eigenvalue weighted by molar-refractivity contribution is 6.30. The van der Waals surface area contributed by atoms with Gasteiger partial charge in [0.25, 0.3) is 5.56 Å². The highest BCUT2D eigenvalue weighted by atomic mass is 35.5. The Morgan fingerprint density at radius 3 is 2.69 bits per heavy atom. The molecule has 8 heteroatoms. The van der Waals surface area contributed by atoms with E-state index in [2.05, 4.69) is 20.4 Å². The summed E-state index contributed by atoms with van der Waals surface area (Å²) in [6, 6.07) is 7.52. The number of anilines is 1. The third-order valence-electron chi connectivity index (χ3n) is 3.79. The van der Waals surface area contributed by atoms with Crippen LogP contribution in [0.2, 0.25) is 5.02 Å². The largest absolute Gasteiger partial charge is 0.375 e. The minimum atomic E-state index is -0.262. The van der Waals surface area contributed by atoms with Crippen LogP contribution in [0, 0.1) is 0 Å². The highest BCUT2D eigenvalue weighted by Gasteiger charge is 2.19. The highest BCUT2D eigenvalue weighted by Crippen LogP contribution is 2.18. The number of fused-ring (bicyclic) bond motifs is 1. The number of hydrogen-bond acceptors (Lipinski definition) is 5. The molecule has 0 saturated carbocycles. The number of nitrogens with one attached hydrogen (secondary N) is 2. The molecule has 0 saturated heterocycles. The van der Waals surface area contributed by atoms with Crippen LogP contribution in [0.25, 0.3) is 11.0 Å². The SMILES string of the molecule is CC(C)(C)n1ncc2c(=O)[nH]c(NCCOCc3ccc(Cl)cc3)nc21. The summed E-state index contributed by atoms with van der Waals surface area (Å²) in [5, 5.41) is 8.56. The molecule has 2 N–H and O–H groups in total. The van der Waals surface area contributed by atoms with Crippen molar-refractivity contribution in [2.45, 2.75) is 32.9 Å². The van der Waals surface area contributed by atoms with Crippen molar-refractivity contribution in [2.24, 2.45) is 0 Å². The first-order valence-electron chi connectivity index (χ1n) is 8.39. The molecule has 0 aliphatic rings. The maximum absolute atomic E-state index is 12.2. The smallest absolute Gasteiger partial charge is 0.263 e. The number of ether oxygens (including phenoxy) is 1. The lowest BCUT2D eigenvalue weighted by molar-refractivity contribution is 0.130. The van der Waals surface area contributed by atoms with Crippen LogP contribution < -0.4 is 10.9 Å². The van der Waals surface area contributed by atoms with Gasteiger partial charge in [0, 0.05) is 11.6 Å².